The van der Waals surface area contributed by atoms with Crippen LogP contribution >= 0.6 is 11.8 Å². The third-order valence-corrected chi connectivity index (χ3v) is 4.36. The normalized spacial score (nSPS) is 32.5. The fourth-order valence-corrected chi connectivity index (χ4v) is 3.60. The van der Waals surface area contributed by atoms with E-state index in [2.05, 4.69) is 4.99 Å². The van der Waals surface area contributed by atoms with Gasteiger partial charge in [0.15, 0.2) is 12.2 Å². The summed E-state index contributed by atoms with van der Waals surface area (Å²) in [6, 6.07) is -0.471. The van der Waals surface area contributed by atoms with Gasteiger partial charge in [0.25, 0.3) is 0 Å². The fourth-order valence-electron chi connectivity index (χ4n) is 2.53. The highest BCUT2D eigenvalue weighted by atomic mass is 32.2. The SMILES string of the molecule is CC(=O)OC[C@H]1O[C@H]2SC(C)=N[C@H]2[C@@H](OC(C)=O)[C@H]1OC(C)=O. The average molecular weight is 345 g/mol. The minimum Gasteiger partial charge on any atom is -0.463 e. The summed E-state index contributed by atoms with van der Waals surface area (Å²) in [6.07, 6.45) is -2.42. The van der Waals surface area contributed by atoms with E-state index in [4.69, 9.17) is 18.9 Å². The Hall–Kier alpha value is -1.61. The molecule has 0 N–H and O–H groups in total. The molecule has 1 fully saturated rings. The number of hydrogen-bond acceptors (Lipinski definition) is 9. The highest BCUT2D eigenvalue weighted by Crippen LogP contribution is 2.38. The number of ether oxygens (including phenoxy) is 4. The van der Waals surface area contributed by atoms with E-state index in [1.807, 2.05) is 6.92 Å². The van der Waals surface area contributed by atoms with Gasteiger partial charge in [0, 0.05) is 20.8 Å². The Bertz CT molecular complexity index is 535. The van der Waals surface area contributed by atoms with Crippen LogP contribution < -0.4 is 0 Å². The van der Waals surface area contributed by atoms with Gasteiger partial charge >= 0.3 is 17.9 Å². The highest BCUT2D eigenvalue weighted by Gasteiger charge is 2.52. The van der Waals surface area contributed by atoms with E-state index in [1.54, 1.807) is 0 Å². The number of carbonyl (C=O) groups is 3. The van der Waals surface area contributed by atoms with E-state index in [0.717, 1.165) is 5.04 Å². The minimum absolute atomic E-state index is 0.103. The highest BCUT2D eigenvalue weighted by molar-refractivity contribution is 8.14. The van der Waals surface area contributed by atoms with Crippen LogP contribution in [0, 0.1) is 0 Å². The van der Waals surface area contributed by atoms with E-state index >= 15 is 0 Å². The van der Waals surface area contributed by atoms with Crippen LogP contribution in [-0.4, -0.2) is 59.3 Å². The maximum Gasteiger partial charge on any atom is 0.303 e. The minimum atomic E-state index is -0.896. The largest absolute Gasteiger partial charge is 0.463 e. The lowest BCUT2D eigenvalue weighted by Crippen LogP contribution is -2.59. The van der Waals surface area contributed by atoms with Crippen molar-refractivity contribution in [2.45, 2.75) is 57.5 Å². The molecule has 0 spiro atoms. The lowest BCUT2D eigenvalue weighted by molar-refractivity contribution is -0.208. The zero-order valence-electron chi connectivity index (χ0n) is 13.3. The smallest absolute Gasteiger partial charge is 0.303 e. The van der Waals surface area contributed by atoms with Gasteiger partial charge in [0.2, 0.25) is 0 Å². The molecule has 128 valence electrons. The Morgan fingerprint density at radius 3 is 2.26 bits per heavy atom. The van der Waals surface area contributed by atoms with E-state index < -0.39 is 42.3 Å². The van der Waals surface area contributed by atoms with Gasteiger partial charge in [-0.2, -0.15) is 0 Å². The summed E-state index contributed by atoms with van der Waals surface area (Å²) >= 11 is 1.39. The standard InChI is InChI=1S/C14H19NO7S/c1-6-15-11-13(21-9(4)18)12(20-8(3)17)10(5-19-7(2)16)22-14(11)23-6/h10-14H,5H2,1-4H3/t10-,11+,12+,13-,14+/m1/s1. The first-order valence-electron chi connectivity index (χ1n) is 7.12. The van der Waals surface area contributed by atoms with Crippen LogP contribution in [0.1, 0.15) is 27.7 Å². The van der Waals surface area contributed by atoms with Crippen LogP contribution in [-0.2, 0) is 33.3 Å². The summed E-state index contributed by atoms with van der Waals surface area (Å²) in [5, 5.41) is 0.784. The first-order chi connectivity index (χ1) is 10.8. The summed E-state index contributed by atoms with van der Waals surface area (Å²) in [4.78, 5) is 38.3. The molecule has 9 heteroatoms. The van der Waals surface area contributed by atoms with Crippen LogP contribution in [0.25, 0.3) is 0 Å². The van der Waals surface area contributed by atoms with Crippen molar-refractivity contribution in [3.05, 3.63) is 0 Å². The second-order valence-electron chi connectivity index (χ2n) is 5.25. The molecule has 0 aromatic carbocycles. The first-order valence-corrected chi connectivity index (χ1v) is 8.00. The molecule has 2 aliphatic heterocycles. The molecule has 0 bridgehead atoms. The Labute approximate surface area is 137 Å². The molecular formula is C14H19NO7S. The van der Waals surface area contributed by atoms with Crippen LogP contribution in [0.2, 0.25) is 0 Å². The van der Waals surface area contributed by atoms with E-state index in [0.29, 0.717) is 0 Å². The zero-order valence-corrected chi connectivity index (χ0v) is 14.1. The van der Waals surface area contributed by atoms with Crippen molar-refractivity contribution in [2.24, 2.45) is 4.99 Å². The molecule has 0 radical (unpaired) electrons. The number of thioether (sulfide) groups is 1. The number of nitrogens with zero attached hydrogens (tertiary/aromatic N) is 1. The van der Waals surface area contributed by atoms with Crippen molar-refractivity contribution in [1.82, 2.24) is 0 Å². The molecule has 1 saturated heterocycles. The second-order valence-corrected chi connectivity index (χ2v) is 6.54. The Balaban J connectivity index is 2.26. The molecule has 2 heterocycles. The predicted molar refractivity (Wildman–Crippen MR) is 80.9 cm³/mol. The van der Waals surface area contributed by atoms with E-state index in [9.17, 15) is 14.4 Å². The molecule has 23 heavy (non-hydrogen) atoms. The number of rotatable bonds is 4. The van der Waals surface area contributed by atoms with Crippen molar-refractivity contribution in [1.29, 1.82) is 0 Å². The summed E-state index contributed by atoms with van der Waals surface area (Å²) in [5.74, 6) is -1.54. The van der Waals surface area contributed by atoms with Crippen molar-refractivity contribution in [2.75, 3.05) is 6.61 Å². The summed E-state index contributed by atoms with van der Waals surface area (Å²) in [6.45, 7) is 5.51. The molecule has 8 nitrogen and oxygen atoms in total. The predicted octanol–water partition coefficient (Wildman–Crippen LogP) is 0.672. The van der Waals surface area contributed by atoms with Crippen molar-refractivity contribution >= 4 is 34.7 Å². The van der Waals surface area contributed by atoms with Crippen LogP contribution in [0.3, 0.4) is 0 Å². The van der Waals surface area contributed by atoms with Crippen molar-refractivity contribution in [3.8, 4) is 0 Å². The van der Waals surface area contributed by atoms with Gasteiger partial charge in [-0.05, 0) is 6.92 Å². The van der Waals surface area contributed by atoms with Crippen LogP contribution in [0.4, 0.5) is 0 Å². The summed E-state index contributed by atoms with van der Waals surface area (Å²) < 4.78 is 21.5. The molecule has 2 aliphatic rings. The fraction of sp³-hybridized carbons (Fsp3) is 0.714. The monoisotopic (exact) mass is 345 g/mol. The zero-order chi connectivity index (χ0) is 17.1. The molecule has 0 amide bonds. The van der Waals surface area contributed by atoms with Crippen molar-refractivity contribution < 1.29 is 33.3 Å². The quantitative estimate of drug-likeness (QED) is 0.541. The van der Waals surface area contributed by atoms with Gasteiger partial charge in [-0.3, -0.25) is 19.4 Å². The molecule has 0 aliphatic carbocycles. The number of aliphatic imine (C=N–C) groups is 1. The maximum absolute atomic E-state index is 11.4. The molecule has 0 aromatic heterocycles. The van der Waals surface area contributed by atoms with E-state index in [1.165, 1.54) is 32.5 Å². The summed E-state index contributed by atoms with van der Waals surface area (Å²) in [7, 11) is 0. The second kappa shape index (κ2) is 7.31. The molecule has 5 atom stereocenters. The third-order valence-electron chi connectivity index (χ3n) is 3.29. The van der Waals surface area contributed by atoms with Gasteiger partial charge in [0.1, 0.15) is 24.2 Å². The molecule has 2 rings (SSSR count). The molecule has 0 unspecified atom stereocenters. The van der Waals surface area contributed by atoms with Gasteiger partial charge < -0.3 is 18.9 Å². The first kappa shape index (κ1) is 17.7. The molecular weight excluding hydrogens is 326 g/mol. The van der Waals surface area contributed by atoms with Crippen LogP contribution in [0.5, 0.6) is 0 Å². The molecule has 0 saturated carbocycles. The van der Waals surface area contributed by atoms with Gasteiger partial charge in [-0.15, -0.1) is 0 Å². The number of hydrogen-bond donors (Lipinski definition) is 0. The lowest BCUT2D eigenvalue weighted by atomic mass is 9.98. The third kappa shape index (κ3) is 4.44. The Kier molecular flexibility index (Phi) is 5.64. The van der Waals surface area contributed by atoms with E-state index in [-0.39, 0.29) is 12.0 Å². The number of esters is 3. The van der Waals surface area contributed by atoms with Crippen LogP contribution in [0.15, 0.2) is 4.99 Å². The average Bonchev–Trinajstić information content (AvgIpc) is 2.78. The Morgan fingerprint density at radius 1 is 1.09 bits per heavy atom. The van der Waals surface area contributed by atoms with Crippen molar-refractivity contribution in [3.63, 3.8) is 0 Å². The summed E-state index contributed by atoms with van der Waals surface area (Å²) in [5.41, 5.74) is -0.383. The van der Waals surface area contributed by atoms with Gasteiger partial charge in [-0.1, -0.05) is 11.8 Å². The molecule has 0 aromatic rings. The lowest BCUT2D eigenvalue weighted by Gasteiger charge is -2.41. The maximum atomic E-state index is 11.4. The van der Waals surface area contributed by atoms with Gasteiger partial charge in [-0.25, -0.2) is 0 Å². The Morgan fingerprint density at radius 2 is 1.70 bits per heavy atom. The topological polar surface area (TPSA) is 100 Å². The van der Waals surface area contributed by atoms with Gasteiger partial charge in [0.05, 0.1) is 5.04 Å². The number of fused-ring (bicyclic) bond motifs is 1. The number of carbonyl (C=O) groups excluding carboxylic acids is 3.